The van der Waals surface area contributed by atoms with Gasteiger partial charge in [-0.3, -0.25) is 4.79 Å². The van der Waals surface area contributed by atoms with E-state index in [-0.39, 0.29) is 0 Å². The Labute approximate surface area is 87.2 Å². The third-order valence-corrected chi connectivity index (χ3v) is 1.71. The summed E-state index contributed by atoms with van der Waals surface area (Å²) in [6, 6.07) is 0. The lowest BCUT2D eigenvalue weighted by Gasteiger charge is -2.02. The van der Waals surface area contributed by atoms with Crippen molar-refractivity contribution in [2.45, 2.75) is 13.3 Å². The second-order valence-electron chi connectivity index (χ2n) is 3.09. The summed E-state index contributed by atoms with van der Waals surface area (Å²) >= 11 is 0. The van der Waals surface area contributed by atoms with Gasteiger partial charge in [0.1, 0.15) is 5.82 Å². The Kier molecular flexibility index (Phi) is 3.91. The van der Waals surface area contributed by atoms with E-state index in [0.717, 1.165) is 5.56 Å². The monoisotopic (exact) mass is 209 g/mol. The fraction of sp³-hybridized carbons (Fsp3) is 0.300. The van der Waals surface area contributed by atoms with Crippen molar-refractivity contribution in [2.75, 3.05) is 6.54 Å². The van der Waals surface area contributed by atoms with Gasteiger partial charge >= 0.3 is 0 Å². The van der Waals surface area contributed by atoms with Gasteiger partial charge in [-0.1, -0.05) is 6.58 Å². The highest BCUT2D eigenvalue weighted by Crippen LogP contribution is 1.94. The number of halogens is 1. The first kappa shape index (κ1) is 11.3. The first-order chi connectivity index (χ1) is 7.09. The molecule has 1 N–H and O–H groups in total. The van der Waals surface area contributed by atoms with Crippen molar-refractivity contribution >= 4 is 5.91 Å². The number of nitrogens with zero attached hydrogens (tertiary/aromatic N) is 2. The third-order valence-electron chi connectivity index (χ3n) is 1.71. The molecular formula is C10H12FN3O. The first-order valence-electron chi connectivity index (χ1n) is 4.49. The number of nitrogens with one attached hydrogen (secondary N) is 1. The quantitative estimate of drug-likeness (QED) is 0.750. The summed E-state index contributed by atoms with van der Waals surface area (Å²) < 4.78 is 12.2. The second kappa shape index (κ2) is 5.19. The van der Waals surface area contributed by atoms with E-state index >= 15 is 0 Å². The predicted octanol–water partition coefficient (Wildman–Crippen LogP) is 0.927. The summed E-state index contributed by atoms with van der Waals surface area (Å²) in [7, 11) is 0. The van der Waals surface area contributed by atoms with Gasteiger partial charge in [0, 0.05) is 25.4 Å². The molecule has 1 aromatic heterocycles. The van der Waals surface area contributed by atoms with Crippen LogP contribution in [-0.2, 0) is 11.2 Å². The molecule has 5 heteroatoms. The van der Waals surface area contributed by atoms with E-state index < -0.39 is 11.7 Å². The van der Waals surface area contributed by atoms with Crippen LogP contribution in [0.1, 0.15) is 11.4 Å². The summed E-state index contributed by atoms with van der Waals surface area (Å²) in [5.41, 5.74) is 0.972. The van der Waals surface area contributed by atoms with Gasteiger partial charge in [-0.2, -0.15) is 0 Å². The molecule has 15 heavy (non-hydrogen) atoms. The third kappa shape index (κ3) is 3.84. The molecule has 0 fully saturated rings. The summed E-state index contributed by atoms with van der Waals surface area (Å²) in [5.74, 6) is -1.16. The van der Waals surface area contributed by atoms with E-state index in [2.05, 4.69) is 21.9 Å². The molecule has 0 saturated carbocycles. The lowest BCUT2D eigenvalue weighted by atomic mass is 10.3. The van der Waals surface area contributed by atoms with Gasteiger partial charge in [0.2, 0.25) is 0 Å². The van der Waals surface area contributed by atoms with Crippen LogP contribution < -0.4 is 5.32 Å². The summed E-state index contributed by atoms with van der Waals surface area (Å²) in [5, 5.41) is 2.35. The van der Waals surface area contributed by atoms with Crippen molar-refractivity contribution in [3.05, 3.63) is 36.2 Å². The Morgan fingerprint density at radius 3 is 2.67 bits per heavy atom. The lowest BCUT2D eigenvalue weighted by molar-refractivity contribution is -0.118. The molecule has 80 valence electrons. The molecule has 1 aromatic rings. The van der Waals surface area contributed by atoms with Crippen molar-refractivity contribution in [2.24, 2.45) is 0 Å². The van der Waals surface area contributed by atoms with Gasteiger partial charge in [-0.05, 0) is 12.5 Å². The van der Waals surface area contributed by atoms with E-state index in [1.807, 2.05) is 6.92 Å². The first-order valence-corrected chi connectivity index (χ1v) is 4.49. The lowest BCUT2D eigenvalue weighted by Crippen LogP contribution is -2.26. The molecule has 0 atom stereocenters. The number of aryl methyl sites for hydroxylation is 1. The molecule has 4 nitrogen and oxygen atoms in total. The van der Waals surface area contributed by atoms with E-state index in [4.69, 9.17) is 0 Å². The highest BCUT2D eigenvalue weighted by molar-refractivity contribution is 5.90. The van der Waals surface area contributed by atoms with Gasteiger partial charge in [0.05, 0.1) is 0 Å². The van der Waals surface area contributed by atoms with Gasteiger partial charge in [0.15, 0.2) is 5.83 Å². The number of hydrogen-bond acceptors (Lipinski definition) is 3. The maximum Gasteiger partial charge on any atom is 0.279 e. The van der Waals surface area contributed by atoms with Crippen molar-refractivity contribution < 1.29 is 9.18 Å². The smallest absolute Gasteiger partial charge is 0.279 e. The topological polar surface area (TPSA) is 54.9 Å². The van der Waals surface area contributed by atoms with Crippen LogP contribution in [0.3, 0.4) is 0 Å². The zero-order chi connectivity index (χ0) is 11.3. The molecule has 1 rings (SSSR count). The van der Waals surface area contributed by atoms with Crippen LogP contribution in [0.2, 0.25) is 0 Å². The fourth-order valence-corrected chi connectivity index (χ4v) is 0.932. The molecule has 1 heterocycles. The molecule has 0 radical (unpaired) electrons. The zero-order valence-corrected chi connectivity index (χ0v) is 8.46. The van der Waals surface area contributed by atoms with Crippen molar-refractivity contribution in [1.82, 2.24) is 15.3 Å². The Morgan fingerprint density at radius 2 is 2.13 bits per heavy atom. The maximum atomic E-state index is 12.2. The highest BCUT2D eigenvalue weighted by atomic mass is 19.1. The molecule has 0 unspecified atom stereocenters. The number of hydrogen-bond donors (Lipinski definition) is 1. The van der Waals surface area contributed by atoms with E-state index in [1.54, 1.807) is 12.4 Å². The molecule has 0 spiro atoms. The zero-order valence-electron chi connectivity index (χ0n) is 8.46. The molecule has 0 aliphatic heterocycles. The number of amides is 1. The fourth-order valence-electron chi connectivity index (χ4n) is 0.932. The van der Waals surface area contributed by atoms with Crippen molar-refractivity contribution in [1.29, 1.82) is 0 Å². The van der Waals surface area contributed by atoms with Gasteiger partial charge < -0.3 is 5.32 Å². The molecule has 1 amide bonds. The molecule has 0 saturated heterocycles. The van der Waals surface area contributed by atoms with Crippen LogP contribution in [-0.4, -0.2) is 22.4 Å². The largest absolute Gasteiger partial charge is 0.350 e. The minimum absolute atomic E-state index is 0.296. The van der Waals surface area contributed by atoms with Crippen LogP contribution in [0.4, 0.5) is 4.39 Å². The van der Waals surface area contributed by atoms with E-state index in [1.165, 1.54) is 0 Å². The van der Waals surface area contributed by atoms with Crippen LogP contribution in [0.5, 0.6) is 0 Å². The minimum atomic E-state index is -0.986. The summed E-state index contributed by atoms with van der Waals surface area (Å²) in [6.07, 6.45) is 3.86. The van der Waals surface area contributed by atoms with Gasteiger partial charge in [-0.15, -0.1) is 0 Å². The standard InChI is InChI=1S/C10H12FN3O/c1-7-5-13-9(14-6-7)3-4-12-10(15)8(2)11/h5-6H,2-4H2,1H3,(H,12,15). The Hall–Kier alpha value is -1.78. The number of aromatic nitrogens is 2. The number of carbonyl (C=O) groups excluding carboxylic acids is 1. The van der Waals surface area contributed by atoms with Gasteiger partial charge in [-0.25, -0.2) is 14.4 Å². The Morgan fingerprint density at radius 1 is 1.53 bits per heavy atom. The SMILES string of the molecule is C=C(F)C(=O)NCCc1ncc(C)cn1. The second-order valence-corrected chi connectivity index (χ2v) is 3.09. The number of carbonyl (C=O) groups is 1. The maximum absolute atomic E-state index is 12.2. The minimum Gasteiger partial charge on any atom is -0.350 e. The normalized spacial score (nSPS) is 9.73. The van der Waals surface area contributed by atoms with Crippen LogP contribution in [0.15, 0.2) is 24.8 Å². The average molecular weight is 209 g/mol. The van der Waals surface area contributed by atoms with Crippen molar-refractivity contribution in [3.63, 3.8) is 0 Å². The van der Waals surface area contributed by atoms with Crippen LogP contribution in [0, 0.1) is 6.92 Å². The predicted molar refractivity (Wildman–Crippen MR) is 53.7 cm³/mol. The Balaban J connectivity index is 2.35. The summed E-state index contributed by atoms with van der Waals surface area (Å²) in [6.45, 7) is 5.07. The molecule has 0 aliphatic carbocycles. The molecular weight excluding hydrogens is 197 g/mol. The molecule has 0 aromatic carbocycles. The van der Waals surface area contributed by atoms with Crippen molar-refractivity contribution in [3.8, 4) is 0 Å². The van der Waals surface area contributed by atoms with Crippen LogP contribution in [0.25, 0.3) is 0 Å². The van der Waals surface area contributed by atoms with E-state index in [9.17, 15) is 9.18 Å². The van der Waals surface area contributed by atoms with Crippen LogP contribution >= 0.6 is 0 Å². The molecule has 0 aliphatic rings. The molecule has 0 bridgehead atoms. The van der Waals surface area contributed by atoms with Gasteiger partial charge in [0.25, 0.3) is 5.91 Å². The average Bonchev–Trinajstić information content (AvgIpc) is 2.20. The summed E-state index contributed by atoms with van der Waals surface area (Å²) in [4.78, 5) is 18.8. The highest BCUT2D eigenvalue weighted by Gasteiger charge is 2.04. The van der Waals surface area contributed by atoms with E-state index in [0.29, 0.717) is 18.8 Å². The number of rotatable bonds is 4. The Bertz CT molecular complexity index is 361.